The SMILES string of the molecule is CNC(C#N)(COc1ccc(CCO)cc1)C1CC1. The summed E-state index contributed by atoms with van der Waals surface area (Å²) in [5, 5.41) is 21.3. The molecule has 2 N–H and O–H groups in total. The highest BCUT2D eigenvalue weighted by Gasteiger charge is 2.45. The highest BCUT2D eigenvalue weighted by Crippen LogP contribution is 2.39. The van der Waals surface area contributed by atoms with Crippen molar-refractivity contribution in [2.24, 2.45) is 5.92 Å². The Morgan fingerprint density at radius 2 is 2.11 bits per heavy atom. The van der Waals surface area contributed by atoms with Gasteiger partial charge < -0.3 is 9.84 Å². The average molecular weight is 260 g/mol. The van der Waals surface area contributed by atoms with Crippen LogP contribution in [0.3, 0.4) is 0 Å². The van der Waals surface area contributed by atoms with Gasteiger partial charge in [0.05, 0.1) is 6.07 Å². The monoisotopic (exact) mass is 260 g/mol. The summed E-state index contributed by atoms with van der Waals surface area (Å²) in [7, 11) is 1.81. The van der Waals surface area contributed by atoms with E-state index in [-0.39, 0.29) is 6.61 Å². The lowest BCUT2D eigenvalue weighted by molar-refractivity contribution is 0.211. The smallest absolute Gasteiger partial charge is 0.143 e. The molecule has 0 amide bonds. The highest BCUT2D eigenvalue weighted by atomic mass is 16.5. The van der Waals surface area contributed by atoms with E-state index >= 15 is 0 Å². The van der Waals surface area contributed by atoms with Gasteiger partial charge in [0.1, 0.15) is 17.9 Å². The maximum Gasteiger partial charge on any atom is 0.143 e. The van der Waals surface area contributed by atoms with Crippen LogP contribution in [0.1, 0.15) is 18.4 Å². The van der Waals surface area contributed by atoms with Gasteiger partial charge in [0.15, 0.2) is 0 Å². The first-order valence-electron chi connectivity index (χ1n) is 6.67. The van der Waals surface area contributed by atoms with Gasteiger partial charge in [-0.15, -0.1) is 0 Å². The fourth-order valence-electron chi connectivity index (χ4n) is 2.23. The number of nitrogens with one attached hydrogen (secondary N) is 1. The number of hydrogen-bond donors (Lipinski definition) is 2. The van der Waals surface area contributed by atoms with Crippen LogP contribution in [0.5, 0.6) is 5.75 Å². The van der Waals surface area contributed by atoms with E-state index < -0.39 is 5.54 Å². The van der Waals surface area contributed by atoms with Crippen molar-refractivity contribution in [3.63, 3.8) is 0 Å². The Kier molecular flexibility index (Phi) is 4.41. The van der Waals surface area contributed by atoms with E-state index in [1.165, 1.54) is 0 Å². The average Bonchev–Trinajstić information content (AvgIpc) is 3.28. The number of hydrogen-bond acceptors (Lipinski definition) is 4. The fourth-order valence-corrected chi connectivity index (χ4v) is 2.23. The Labute approximate surface area is 114 Å². The maximum atomic E-state index is 9.36. The summed E-state index contributed by atoms with van der Waals surface area (Å²) in [6.45, 7) is 0.517. The van der Waals surface area contributed by atoms with Crippen LogP contribution in [0.25, 0.3) is 0 Å². The molecule has 1 unspecified atom stereocenters. The zero-order chi connectivity index (χ0) is 13.7. The summed E-state index contributed by atoms with van der Waals surface area (Å²) in [5.41, 5.74) is 0.515. The number of benzene rings is 1. The molecular weight excluding hydrogens is 240 g/mol. The van der Waals surface area contributed by atoms with Crippen LogP contribution in [0.15, 0.2) is 24.3 Å². The second-order valence-electron chi connectivity index (χ2n) is 5.01. The zero-order valence-corrected chi connectivity index (χ0v) is 11.2. The molecule has 1 aromatic rings. The topological polar surface area (TPSA) is 65.3 Å². The van der Waals surface area contributed by atoms with Crippen molar-refractivity contribution in [2.45, 2.75) is 24.8 Å². The van der Waals surface area contributed by atoms with E-state index in [9.17, 15) is 5.26 Å². The molecule has 19 heavy (non-hydrogen) atoms. The first-order chi connectivity index (χ1) is 9.24. The number of aliphatic hydroxyl groups is 1. The summed E-state index contributed by atoms with van der Waals surface area (Å²) >= 11 is 0. The molecule has 1 atom stereocenters. The van der Waals surface area contributed by atoms with E-state index in [0.717, 1.165) is 24.2 Å². The molecule has 0 radical (unpaired) electrons. The minimum absolute atomic E-state index is 0.152. The standard InChI is InChI=1S/C15H20N2O2/c1-17-15(10-16,13-4-5-13)11-19-14-6-2-12(3-7-14)8-9-18/h2-3,6-7,13,17-18H,4-5,8-9,11H2,1H3. The minimum atomic E-state index is -0.566. The number of nitriles is 1. The van der Waals surface area contributed by atoms with Crippen LogP contribution in [-0.4, -0.2) is 30.9 Å². The molecule has 2 rings (SSSR count). The van der Waals surface area contributed by atoms with Gasteiger partial charge in [-0.3, -0.25) is 5.32 Å². The predicted molar refractivity (Wildman–Crippen MR) is 72.9 cm³/mol. The van der Waals surface area contributed by atoms with E-state index in [1.807, 2.05) is 31.3 Å². The van der Waals surface area contributed by atoms with Gasteiger partial charge in [-0.2, -0.15) is 5.26 Å². The molecule has 0 aromatic heterocycles. The molecule has 1 saturated carbocycles. The molecule has 0 heterocycles. The highest BCUT2D eigenvalue weighted by molar-refractivity contribution is 5.28. The molecule has 0 saturated heterocycles. The van der Waals surface area contributed by atoms with Crippen LogP contribution in [0.4, 0.5) is 0 Å². The minimum Gasteiger partial charge on any atom is -0.491 e. The van der Waals surface area contributed by atoms with Crippen molar-refractivity contribution < 1.29 is 9.84 Å². The fraction of sp³-hybridized carbons (Fsp3) is 0.533. The first kappa shape index (κ1) is 13.9. The van der Waals surface area contributed by atoms with Gasteiger partial charge in [-0.05, 0) is 49.9 Å². The summed E-state index contributed by atoms with van der Waals surface area (Å²) < 4.78 is 5.74. The predicted octanol–water partition coefficient (Wildman–Crippen LogP) is 1.49. The van der Waals surface area contributed by atoms with Crippen molar-refractivity contribution in [3.8, 4) is 11.8 Å². The van der Waals surface area contributed by atoms with E-state index in [0.29, 0.717) is 18.9 Å². The molecule has 1 aliphatic rings. The van der Waals surface area contributed by atoms with Crippen LogP contribution < -0.4 is 10.1 Å². The molecule has 1 aliphatic carbocycles. The second kappa shape index (κ2) is 6.05. The van der Waals surface area contributed by atoms with Crippen LogP contribution >= 0.6 is 0 Å². The third kappa shape index (κ3) is 3.25. The second-order valence-corrected chi connectivity index (χ2v) is 5.01. The normalized spacial score (nSPS) is 17.5. The molecule has 1 fully saturated rings. The summed E-state index contributed by atoms with van der Waals surface area (Å²) in [6, 6.07) is 10.0. The number of ether oxygens (including phenoxy) is 1. The zero-order valence-electron chi connectivity index (χ0n) is 11.2. The van der Waals surface area contributed by atoms with E-state index in [1.54, 1.807) is 0 Å². The van der Waals surface area contributed by atoms with E-state index in [4.69, 9.17) is 9.84 Å². The molecule has 1 aromatic carbocycles. The molecule has 0 bridgehead atoms. The van der Waals surface area contributed by atoms with Crippen molar-refractivity contribution in [1.82, 2.24) is 5.32 Å². The van der Waals surface area contributed by atoms with Gasteiger partial charge in [0.2, 0.25) is 0 Å². The van der Waals surface area contributed by atoms with Crippen molar-refractivity contribution in [1.29, 1.82) is 5.26 Å². The van der Waals surface area contributed by atoms with Gasteiger partial charge in [0, 0.05) is 6.61 Å². The third-order valence-corrected chi connectivity index (χ3v) is 3.71. The Balaban J connectivity index is 1.95. The van der Waals surface area contributed by atoms with Gasteiger partial charge in [0.25, 0.3) is 0 Å². The Morgan fingerprint density at radius 1 is 1.42 bits per heavy atom. The molecule has 4 heteroatoms. The molecule has 102 valence electrons. The van der Waals surface area contributed by atoms with Gasteiger partial charge >= 0.3 is 0 Å². The van der Waals surface area contributed by atoms with Gasteiger partial charge in [-0.1, -0.05) is 12.1 Å². The molecule has 0 aliphatic heterocycles. The Bertz CT molecular complexity index is 448. The number of rotatable bonds is 7. The van der Waals surface area contributed by atoms with Crippen LogP contribution in [0.2, 0.25) is 0 Å². The number of likely N-dealkylation sites (N-methyl/N-ethyl adjacent to an activating group) is 1. The first-order valence-corrected chi connectivity index (χ1v) is 6.67. The van der Waals surface area contributed by atoms with Gasteiger partial charge in [-0.25, -0.2) is 0 Å². The lowest BCUT2D eigenvalue weighted by Crippen LogP contribution is -2.49. The lowest BCUT2D eigenvalue weighted by Gasteiger charge is -2.26. The molecular formula is C15H20N2O2. The quantitative estimate of drug-likeness (QED) is 0.779. The van der Waals surface area contributed by atoms with Crippen molar-refractivity contribution in [3.05, 3.63) is 29.8 Å². The summed E-state index contributed by atoms with van der Waals surface area (Å²) in [6.07, 6.45) is 2.83. The Hall–Kier alpha value is -1.57. The van der Waals surface area contributed by atoms with Crippen LogP contribution in [-0.2, 0) is 6.42 Å². The largest absolute Gasteiger partial charge is 0.491 e. The Morgan fingerprint density at radius 3 is 2.58 bits per heavy atom. The lowest BCUT2D eigenvalue weighted by atomic mass is 9.96. The molecule has 0 spiro atoms. The third-order valence-electron chi connectivity index (χ3n) is 3.71. The van der Waals surface area contributed by atoms with Crippen molar-refractivity contribution in [2.75, 3.05) is 20.3 Å². The number of nitrogens with zero attached hydrogens (tertiary/aromatic N) is 1. The van der Waals surface area contributed by atoms with Crippen molar-refractivity contribution >= 4 is 0 Å². The van der Waals surface area contributed by atoms with E-state index in [2.05, 4.69) is 11.4 Å². The summed E-state index contributed by atoms with van der Waals surface area (Å²) in [5.74, 6) is 1.16. The summed E-state index contributed by atoms with van der Waals surface area (Å²) in [4.78, 5) is 0. The number of aliphatic hydroxyl groups excluding tert-OH is 1. The van der Waals surface area contributed by atoms with Crippen LogP contribution in [0, 0.1) is 17.2 Å². The molecule has 4 nitrogen and oxygen atoms in total. The maximum absolute atomic E-state index is 9.36.